The highest BCUT2D eigenvalue weighted by Gasteiger charge is 2.14. The minimum atomic E-state index is -0.349. The molecule has 0 radical (unpaired) electrons. The Labute approximate surface area is 163 Å². The molecule has 2 aromatic heterocycles. The molecular formula is C19H15F2N5OS. The first-order valence-corrected chi connectivity index (χ1v) is 9.42. The van der Waals surface area contributed by atoms with Gasteiger partial charge in [-0.15, -0.1) is 10.2 Å². The summed E-state index contributed by atoms with van der Waals surface area (Å²) < 4.78 is 28.2. The molecule has 4 aromatic rings. The minimum absolute atomic E-state index is 0.118. The second-order valence-corrected chi connectivity index (χ2v) is 7.12. The molecule has 0 spiro atoms. The zero-order chi connectivity index (χ0) is 19.7. The van der Waals surface area contributed by atoms with Crippen LogP contribution >= 0.6 is 11.8 Å². The predicted octanol–water partition coefficient (Wildman–Crippen LogP) is 3.20. The highest BCUT2D eigenvalue weighted by molar-refractivity contribution is 7.99. The quantitative estimate of drug-likeness (QED) is 0.522. The van der Waals surface area contributed by atoms with Crippen LogP contribution in [0.4, 0.5) is 8.78 Å². The van der Waals surface area contributed by atoms with Crippen LogP contribution in [0.1, 0.15) is 5.56 Å². The number of thioether (sulfide) groups is 1. The van der Waals surface area contributed by atoms with Crippen LogP contribution in [0, 0.1) is 11.6 Å². The third-order valence-electron chi connectivity index (χ3n) is 4.28. The summed E-state index contributed by atoms with van der Waals surface area (Å²) in [6.45, 7) is 0.312. The van der Waals surface area contributed by atoms with Crippen molar-refractivity contribution in [2.24, 2.45) is 7.05 Å². The van der Waals surface area contributed by atoms with Crippen molar-refractivity contribution >= 4 is 39.7 Å². The third-order valence-corrected chi connectivity index (χ3v) is 5.11. The molecule has 28 heavy (non-hydrogen) atoms. The van der Waals surface area contributed by atoms with E-state index in [0.29, 0.717) is 28.3 Å². The molecule has 0 saturated heterocycles. The Morgan fingerprint density at radius 3 is 2.64 bits per heavy atom. The van der Waals surface area contributed by atoms with Crippen LogP contribution in [0.2, 0.25) is 0 Å². The molecule has 6 nitrogen and oxygen atoms in total. The molecule has 0 atom stereocenters. The molecule has 9 heteroatoms. The number of carbonyl (C=O) groups excluding carboxylic acids is 1. The number of carbonyl (C=O) groups is 1. The number of aryl methyl sites for hydroxylation is 1. The second-order valence-electron chi connectivity index (χ2n) is 6.18. The van der Waals surface area contributed by atoms with Gasteiger partial charge in [0.2, 0.25) is 11.1 Å². The maximum Gasteiger partial charge on any atom is 0.230 e. The molecule has 0 saturated carbocycles. The molecule has 0 unspecified atom stereocenters. The number of aromatic nitrogens is 4. The van der Waals surface area contributed by atoms with Crippen molar-refractivity contribution in [1.82, 2.24) is 25.1 Å². The normalized spacial score (nSPS) is 11.2. The number of hydrogen-bond donors (Lipinski definition) is 1. The van der Waals surface area contributed by atoms with E-state index in [1.807, 2.05) is 11.6 Å². The van der Waals surface area contributed by atoms with Gasteiger partial charge in [-0.3, -0.25) is 4.79 Å². The number of halogens is 2. The van der Waals surface area contributed by atoms with E-state index >= 15 is 0 Å². The van der Waals surface area contributed by atoms with Crippen molar-refractivity contribution in [3.05, 3.63) is 59.7 Å². The summed E-state index contributed by atoms with van der Waals surface area (Å²) in [4.78, 5) is 16.5. The molecule has 0 fully saturated rings. The lowest BCUT2D eigenvalue weighted by Gasteiger charge is -2.05. The van der Waals surface area contributed by atoms with Gasteiger partial charge in [-0.05, 0) is 35.9 Å². The summed E-state index contributed by atoms with van der Waals surface area (Å²) >= 11 is 1.16. The van der Waals surface area contributed by atoms with Crippen molar-refractivity contribution in [2.45, 2.75) is 11.7 Å². The number of rotatable bonds is 5. The third kappa shape index (κ3) is 3.65. The Morgan fingerprint density at radius 2 is 1.86 bits per heavy atom. The Morgan fingerprint density at radius 1 is 1.11 bits per heavy atom. The molecule has 1 amide bonds. The maximum absolute atomic E-state index is 13.5. The Kier molecular flexibility index (Phi) is 4.91. The van der Waals surface area contributed by atoms with E-state index in [2.05, 4.69) is 20.5 Å². The molecule has 2 heterocycles. The summed E-state index contributed by atoms with van der Waals surface area (Å²) in [6, 6.07) is 10.4. The van der Waals surface area contributed by atoms with Gasteiger partial charge in [0.05, 0.1) is 11.3 Å². The molecule has 2 aromatic carbocycles. The van der Waals surface area contributed by atoms with Crippen molar-refractivity contribution in [1.29, 1.82) is 0 Å². The predicted molar refractivity (Wildman–Crippen MR) is 103 cm³/mol. The molecule has 0 aliphatic rings. The summed E-state index contributed by atoms with van der Waals surface area (Å²) in [5.41, 5.74) is 2.70. The standard InChI is InChI=1S/C19H15F2N5OS/c1-26-15-7-6-13(21)8-14(15)17-18(26)23-19(25-24-17)28-10-16(27)22-9-11-2-4-12(20)5-3-11/h2-8H,9-10H2,1H3,(H,22,27). The first-order chi connectivity index (χ1) is 13.5. The zero-order valence-corrected chi connectivity index (χ0v) is 15.6. The zero-order valence-electron chi connectivity index (χ0n) is 14.8. The number of fused-ring (bicyclic) bond motifs is 3. The van der Waals surface area contributed by atoms with Gasteiger partial charge < -0.3 is 9.88 Å². The monoisotopic (exact) mass is 399 g/mol. The first kappa shape index (κ1) is 18.3. The van der Waals surface area contributed by atoms with Gasteiger partial charge in [-0.2, -0.15) is 0 Å². The van der Waals surface area contributed by atoms with Crippen LogP contribution < -0.4 is 5.32 Å². The van der Waals surface area contributed by atoms with Crippen LogP contribution in [-0.4, -0.2) is 31.4 Å². The number of amides is 1. The fourth-order valence-electron chi connectivity index (χ4n) is 2.86. The lowest BCUT2D eigenvalue weighted by atomic mass is 10.2. The van der Waals surface area contributed by atoms with Gasteiger partial charge in [-0.1, -0.05) is 23.9 Å². The van der Waals surface area contributed by atoms with Crippen molar-refractivity contribution in [2.75, 3.05) is 5.75 Å². The summed E-state index contributed by atoms with van der Waals surface area (Å²) in [5.74, 6) is -0.746. The minimum Gasteiger partial charge on any atom is -0.351 e. The second kappa shape index (κ2) is 7.51. The largest absolute Gasteiger partial charge is 0.351 e. The molecule has 4 rings (SSSR count). The highest BCUT2D eigenvalue weighted by atomic mass is 32.2. The van der Waals surface area contributed by atoms with Crippen LogP contribution in [0.5, 0.6) is 0 Å². The summed E-state index contributed by atoms with van der Waals surface area (Å²) in [5, 5.41) is 12.0. The van der Waals surface area contributed by atoms with Crippen molar-refractivity contribution in [3.8, 4) is 0 Å². The fraction of sp³-hybridized carbons (Fsp3) is 0.158. The molecular weight excluding hydrogens is 384 g/mol. The topological polar surface area (TPSA) is 72.7 Å². The van der Waals surface area contributed by atoms with Crippen LogP contribution in [0.3, 0.4) is 0 Å². The van der Waals surface area contributed by atoms with Gasteiger partial charge in [-0.25, -0.2) is 13.8 Å². The molecule has 1 N–H and O–H groups in total. The van der Waals surface area contributed by atoms with E-state index < -0.39 is 0 Å². The van der Waals surface area contributed by atoms with Gasteiger partial charge in [0.15, 0.2) is 5.65 Å². The molecule has 0 bridgehead atoms. The van der Waals surface area contributed by atoms with Crippen molar-refractivity contribution < 1.29 is 13.6 Å². The van der Waals surface area contributed by atoms with E-state index in [9.17, 15) is 13.6 Å². The van der Waals surface area contributed by atoms with Crippen LogP contribution in [0.15, 0.2) is 47.6 Å². The number of hydrogen-bond acceptors (Lipinski definition) is 5. The fourth-order valence-corrected chi connectivity index (χ4v) is 3.47. The average molecular weight is 399 g/mol. The number of nitrogens with one attached hydrogen (secondary N) is 1. The van der Waals surface area contributed by atoms with E-state index in [-0.39, 0.29) is 23.3 Å². The van der Waals surface area contributed by atoms with Crippen molar-refractivity contribution in [3.63, 3.8) is 0 Å². The van der Waals surface area contributed by atoms with Gasteiger partial charge in [0, 0.05) is 19.0 Å². The summed E-state index contributed by atoms with van der Waals surface area (Å²) in [7, 11) is 1.82. The van der Waals surface area contributed by atoms with Gasteiger partial charge >= 0.3 is 0 Å². The SMILES string of the molecule is Cn1c2ccc(F)cc2c2nnc(SCC(=O)NCc3ccc(F)cc3)nc21. The smallest absolute Gasteiger partial charge is 0.230 e. The van der Waals surface area contributed by atoms with E-state index in [0.717, 1.165) is 22.8 Å². The molecule has 0 aliphatic carbocycles. The Hall–Kier alpha value is -3.07. The van der Waals surface area contributed by atoms with Gasteiger partial charge in [0.1, 0.15) is 17.2 Å². The molecule has 0 aliphatic heterocycles. The maximum atomic E-state index is 13.5. The Bertz CT molecular complexity index is 1180. The van der Waals surface area contributed by atoms with Gasteiger partial charge in [0.25, 0.3) is 0 Å². The number of nitrogens with zero attached hydrogens (tertiary/aromatic N) is 4. The summed E-state index contributed by atoms with van der Waals surface area (Å²) in [6.07, 6.45) is 0. The Balaban J connectivity index is 1.44. The lowest BCUT2D eigenvalue weighted by molar-refractivity contribution is -0.118. The van der Waals surface area contributed by atoms with E-state index in [1.165, 1.54) is 24.3 Å². The van der Waals surface area contributed by atoms with E-state index in [4.69, 9.17) is 0 Å². The number of benzene rings is 2. The molecule has 142 valence electrons. The van der Waals surface area contributed by atoms with Crippen LogP contribution in [0.25, 0.3) is 22.1 Å². The van der Waals surface area contributed by atoms with Crippen LogP contribution in [-0.2, 0) is 18.4 Å². The lowest BCUT2D eigenvalue weighted by Crippen LogP contribution is -2.24. The first-order valence-electron chi connectivity index (χ1n) is 8.43. The highest BCUT2D eigenvalue weighted by Crippen LogP contribution is 2.26. The average Bonchev–Trinajstić information content (AvgIpc) is 2.97. The van der Waals surface area contributed by atoms with E-state index in [1.54, 1.807) is 18.2 Å².